The fraction of sp³-hybridized carbons (Fsp3) is 0.231. The lowest BCUT2D eigenvalue weighted by Crippen LogP contribution is -2.08. The first-order valence-electron chi connectivity index (χ1n) is 6.18. The Bertz CT molecular complexity index is 730. The van der Waals surface area contributed by atoms with Gasteiger partial charge < -0.3 is 0 Å². The van der Waals surface area contributed by atoms with Crippen LogP contribution >= 0.6 is 0 Å². The van der Waals surface area contributed by atoms with Crippen LogP contribution in [-0.2, 0) is 6.18 Å². The molecule has 0 atom stereocenters. The predicted octanol–water partition coefficient (Wildman–Crippen LogP) is 3.27. The molecule has 1 aromatic carbocycles. The topological polar surface area (TPSA) is 56.0 Å². The van der Waals surface area contributed by atoms with Crippen molar-refractivity contribution >= 4 is 11.9 Å². The molecule has 116 valence electrons. The molecule has 0 N–H and O–H groups in total. The quantitative estimate of drug-likeness (QED) is 0.645. The van der Waals surface area contributed by atoms with Gasteiger partial charge in [0.15, 0.2) is 0 Å². The number of benzene rings is 1. The van der Waals surface area contributed by atoms with Gasteiger partial charge in [-0.05, 0) is 31.2 Å². The van der Waals surface area contributed by atoms with E-state index in [1.165, 1.54) is 6.21 Å². The average Bonchev–Trinajstić information content (AvgIpc) is 2.92. The van der Waals surface area contributed by atoms with E-state index in [2.05, 4.69) is 20.4 Å². The molecule has 0 aliphatic heterocycles. The van der Waals surface area contributed by atoms with Crippen LogP contribution in [0.3, 0.4) is 0 Å². The monoisotopic (exact) mass is 313 g/mol. The standard InChI is InChI=1S/C13H11F4N5/c1-3-11(18-4-2)12-19-21-22(20-12)10-6-8(13(15,16)17)5-9(14)7-10/h3-7H,1-2H3/b11-3-,18-4?. The zero-order valence-corrected chi connectivity index (χ0v) is 11.6. The molecule has 0 radical (unpaired) electrons. The van der Waals surface area contributed by atoms with Crippen LogP contribution in [0.5, 0.6) is 0 Å². The SMILES string of the molecule is CC=N/C(=C\C)c1nnn(-c2cc(F)cc(C(F)(F)F)c2)n1. The summed E-state index contributed by atoms with van der Waals surface area (Å²) in [5.74, 6) is -0.917. The molecule has 0 aliphatic carbocycles. The Morgan fingerprint density at radius 1 is 1.23 bits per heavy atom. The number of rotatable bonds is 3. The van der Waals surface area contributed by atoms with Crippen LogP contribution in [0.2, 0.25) is 0 Å². The van der Waals surface area contributed by atoms with Crippen LogP contribution < -0.4 is 0 Å². The Labute approximate surface area is 123 Å². The fourth-order valence-electron chi connectivity index (χ4n) is 1.68. The molecule has 0 saturated carbocycles. The number of allylic oxidation sites excluding steroid dienone is 1. The fourth-order valence-corrected chi connectivity index (χ4v) is 1.68. The van der Waals surface area contributed by atoms with Crippen LogP contribution in [0, 0.1) is 5.82 Å². The Hall–Kier alpha value is -2.58. The number of hydrogen-bond donors (Lipinski definition) is 0. The Morgan fingerprint density at radius 2 is 1.95 bits per heavy atom. The zero-order chi connectivity index (χ0) is 16.3. The van der Waals surface area contributed by atoms with Gasteiger partial charge in [0, 0.05) is 12.3 Å². The third kappa shape index (κ3) is 3.35. The van der Waals surface area contributed by atoms with Crippen molar-refractivity contribution in [2.75, 3.05) is 0 Å². The maximum Gasteiger partial charge on any atom is 0.416 e. The van der Waals surface area contributed by atoms with Crippen molar-refractivity contribution in [3.05, 3.63) is 41.5 Å². The first-order chi connectivity index (χ1) is 10.3. The highest BCUT2D eigenvalue weighted by Crippen LogP contribution is 2.31. The first kappa shape index (κ1) is 15.8. The van der Waals surface area contributed by atoms with Gasteiger partial charge in [0.05, 0.1) is 11.3 Å². The van der Waals surface area contributed by atoms with Gasteiger partial charge >= 0.3 is 6.18 Å². The number of nitrogens with zero attached hydrogens (tertiary/aromatic N) is 5. The van der Waals surface area contributed by atoms with Gasteiger partial charge in [0.1, 0.15) is 11.5 Å². The third-order valence-corrected chi connectivity index (χ3v) is 2.63. The number of hydrogen-bond acceptors (Lipinski definition) is 4. The van der Waals surface area contributed by atoms with E-state index < -0.39 is 17.6 Å². The van der Waals surface area contributed by atoms with E-state index in [0.717, 1.165) is 16.9 Å². The van der Waals surface area contributed by atoms with Crippen molar-refractivity contribution in [2.24, 2.45) is 4.99 Å². The minimum Gasteiger partial charge on any atom is -0.258 e. The molecule has 5 nitrogen and oxygen atoms in total. The van der Waals surface area contributed by atoms with E-state index in [0.29, 0.717) is 11.8 Å². The number of aliphatic imine (C=N–C) groups is 1. The van der Waals surface area contributed by atoms with Crippen molar-refractivity contribution in [3.63, 3.8) is 0 Å². The summed E-state index contributed by atoms with van der Waals surface area (Å²) >= 11 is 0. The van der Waals surface area contributed by atoms with Crippen LogP contribution in [0.25, 0.3) is 11.4 Å². The minimum absolute atomic E-state index is 0.124. The van der Waals surface area contributed by atoms with Crippen LogP contribution in [0.1, 0.15) is 25.2 Å². The van der Waals surface area contributed by atoms with Crippen LogP contribution in [0.4, 0.5) is 17.6 Å². The number of tetrazole rings is 1. The van der Waals surface area contributed by atoms with Crippen molar-refractivity contribution in [1.29, 1.82) is 0 Å². The second-order valence-electron chi connectivity index (χ2n) is 4.16. The number of halogens is 4. The molecule has 1 aromatic heterocycles. The van der Waals surface area contributed by atoms with Gasteiger partial charge in [-0.1, -0.05) is 6.08 Å². The summed E-state index contributed by atoms with van der Waals surface area (Å²) in [5, 5.41) is 11.2. The highest BCUT2D eigenvalue weighted by Gasteiger charge is 2.31. The third-order valence-electron chi connectivity index (χ3n) is 2.63. The zero-order valence-electron chi connectivity index (χ0n) is 11.6. The van der Waals surface area contributed by atoms with Gasteiger partial charge in [0.2, 0.25) is 5.82 Å². The van der Waals surface area contributed by atoms with E-state index in [-0.39, 0.29) is 11.5 Å². The molecule has 0 fully saturated rings. The molecule has 2 aromatic rings. The van der Waals surface area contributed by atoms with Gasteiger partial charge in [-0.25, -0.2) is 4.39 Å². The summed E-state index contributed by atoms with van der Waals surface area (Å²) in [5.41, 5.74) is -0.901. The summed E-state index contributed by atoms with van der Waals surface area (Å²) in [6.07, 6.45) is -1.53. The smallest absolute Gasteiger partial charge is 0.258 e. The molecular weight excluding hydrogens is 302 g/mol. The lowest BCUT2D eigenvalue weighted by molar-refractivity contribution is -0.137. The van der Waals surface area contributed by atoms with Crippen LogP contribution in [0.15, 0.2) is 29.3 Å². The maximum atomic E-state index is 13.4. The highest BCUT2D eigenvalue weighted by atomic mass is 19.4. The Balaban J connectivity index is 2.46. The molecule has 9 heteroatoms. The molecule has 0 spiro atoms. The Morgan fingerprint density at radius 3 is 2.55 bits per heavy atom. The first-order valence-corrected chi connectivity index (χ1v) is 6.18. The minimum atomic E-state index is -4.67. The predicted molar refractivity (Wildman–Crippen MR) is 71.9 cm³/mol. The average molecular weight is 313 g/mol. The van der Waals surface area contributed by atoms with Crippen molar-refractivity contribution in [1.82, 2.24) is 20.2 Å². The van der Waals surface area contributed by atoms with E-state index in [1.54, 1.807) is 19.9 Å². The van der Waals surface area contributed by atoms with E-state index >= 15 is 0 Å². The molecule has 2 rings (SSSR count). The molecule has 0 bridgehead atoms. The number of aromatic nitrogens is 4. The second kappa shape index (κ2) is 6.04. The van der Waals surface area contributed by atoms with Gasteiger partial charge in [-0.15, -0.1) is 15.0 Å². The lowest BCUT2D eigenvalue weighted by Gasteiger charge is -2.08. The van der Waals surface area contributed by atoms with Crippen LogP contribution in [-0.4, -0.2) is 26.4 Å². The molecular formula is C13H11F4N5. The lowest BCUT2D eigenvalue weighted by atomic mass is 10.2. The second-order valence-corrected chi connectivity index (χ2v) is 4.16. The summed E-state index contributed by atoms with van der Waals surface area (Å²) in [6.45, 7) is 3.39. The van der Waals surface area contributed by atoms with Crippen molar-refractivity contribution < 1.29 is 17.6 Å². The van der Waals surface area contributed by atoms with Crippen molar-refractivity contribution in [3.8, 4) is 5.69 Å². The highest BCUT2D eigenvalue weighted by molar-refractivity contribution is 5.69. The largest absolute Gasteiger partial charge is 0.416 e. The molecule has 22 heavy (non-hydrogen) atoms. The van der Waals surface area contributed by atoms with Gasteiger partial charge in [0.25, 0.3) is 0 Å². The molecule has 0 unspecified atom stereocenters. The maximum absolute atomic E-state index is 13.4. The molecule has 0 amide bonds. The number of alkyl halides is 3. The summed E-state index contributed by atoms with van der Waals surface area (Å²) in [6, 6.07) is 2.03. The molecule has 0 saturated heterocycles. The molecule has 0 aliphatic rings. The van der Waals surface area contributed by atoms with E-state index in [9.17, 15) is 17.6 Å². The molecule has 1 heterocycles. The summed E-state index contributed by atoms with van der Waals surface area (Å²) < 4.78 is 51.4. The summed E-state index contributed by atoms with van der Waals surface area (Å²) in [4.78, 5) is 4.82. The van der Waals surface area contributed by atoms with Crippen molar-refractivity contribution in [2.45, 2.75) is 20.0 Å². The van der Waals surface area contributed by atoms with Gasteiger partial charge in [-0.2, -0.15) is 13.2 Å². The van der Waals surface area contributed by atoms with E-state index in [4.69, 9.17) is 0 Å². The van der Waals surface area contributed by atoms with E-state index in [1.807, 2.05) is 0 Å². The Kier molecular flexibility index (Phi) is 4.34. The normalized spacial score (nSPS) is 13.1. The summed E-state index contributed by atoms with van der Waals surface area (Å²) in [7, 11) is 0. The van der Waals surface area contributed by atoms with Gasteiger partial charge in [-0.3, -0.25) is 4.99 Å².